The summed E-state index contributed by atoms with van der Waals surface area (Å²) in [5.74, 6) is 1.03. The number of carbonyl (C=O) groups is 1. The van der Waals surface area contributed by atoms with Crippen LogP contribution in [0.3, 0.4) is 0 Å². The summed E-state index contributed by atoms with van der Waals surface area (Å²) in [6.45, 7) is 4.69. The standard InChI is InChI=1S/C28H26N6O3/c1-18-11-12-22(26(29-18)34-13-15-36-16-14-34)27-32-33-28(37-27)31-25-23(35)17-20-9-5-6-10-21(20)24(30-25)19-7-3-2-4-8-19/h2-12,25H,13-17H2,1H3,(H,31,33). The summed E-state index contributed by atoms with van der Waals surface area (Å²) < 4.78 is 11.5. The number of nitrogens with zero attached hydrogens (tertiary/aromatic N) is 5. The number of Topliss-reactive ketones (excluding diaryl/α,β-unsaturated/α-hetero) is 1. The number of benzene rings is 2. The summed E-state index contributed by atoms with van der Waals surface area (Å²) in [7, 11) is 0. The number of aromatic nitrogens is 3. The molecule has 1 N–H and O–H groups in total. The van der Waals surface area contributed by atoms with Gasteiger partial charge in [0.05, 0.1) is 24.5 Å². The van der Waals surface area contributed by atoms with E-state index in [0.29, 0.717) is 19.1 Å². The first-order valence-corrected chi connectivity index (χ1v) is 12.3. The van der Waals surface area contributed by atoms with E-state index in [1.165, 1.54) is 0 Å². The minimum absolute atomic E-state index is 0.0795. The number of nitrogens with one attached hydrogen (secondary N) is 1. The second-order valence-electron chi connectivity index (χ2n) is 9.03. The van der Waals surface area contributed by atoms with Gasteiger partial charge in [-0.15, -0.1) is 5.10 Å². The number of pyridine rings is 1. The Kier molecular flexibility index (Phi) is 6.20. The average Bonchev–Trinajstić information content (AvgIpc) is 3.35. The van der Waals surface area contributed by atoms with Crippen molar-refractivity contribution in [2.75, 3.05) is 36.5 Å². The highest BCUT2D eigenvalue weighted by molar-refractivity contribution is 6.16. The van der Waals surface area contributed by atoms with Gasteiger partial charge in [0.1, 0.15) is 5.82 Å². The molecule has 1 atom stereocenters. The number of aliphatic imine (C=N–C) groups is 1. The van der Waals surface area contributed by atoms with E-state index in [4.69, 9.17) is 19.1 Å². The van der Waals surface area contributed by atoms with Crippen molar-refractivity contribution in [3.63, 3.8) is 0 Å². The third-order valence-corrected chi connectivity index (χ3v) is 6.49. The van der Waals surface area contributed by atoms with Crippen molar-refractivity contribution in [3.05, 3.63) is 89.1 Å². The SMILES string of the molecule is Cc1ccc(-c2nnc(NC3N=C(c4ccccc4)c4ccccc4CC3=O)o2)c(N2CCOCC2)n1. The number of hydrogen-bond donors (Lipinski definition) is 1. The van der Waals surface area contributed by atoms with E-state index in [-0.39, 0.29) is 18.2 Å². The molecule has 0 amide bonds. The number of fused-ring (bicyclic) bond motifs is 1. The van der Waals surface area contributed by atoms with Gasteiger partial charge in [-0.05, 0) is 24.6 Å². The van der Waals surface area contributed by atoms with Crippen LogP contribution in [0.2, 0.25) is 0 Å². The van der Waals surface area contributed by atoms with Gasteiger partial charge in [-0.3, -0.25) is 9.79 Å². The van der Waals surface area contributed by atoms with Crippen LogP contribution in [0.5, 0.6) is 0 Å². The van der Waals surface area contributed by atoms with Crippen molar-refractivity contribution in [2.45, 2.75) is 19.5 Å². The number of carbonyl (C=O) groups excluding carboxylic acids is 1. The van der Waals surface area contributed by atoms with Crippen molar-refractivity contribution >= 4 is 23.3 Å². The molecule has 0 bridgehead atoms. The molecular formula is C28H26N6O3. The summed E-state index contributed by atoms with van der Waals surface area (Å²) in [6.07, 6.45) is -0.622. The number of rotatable bonds is 5. The Morgan fingerprint density at radius 2 is 1.70 bits per heavy atom. The van der Waals surface area contributed by atoms with E-state index in [1.54, 1.807) is 0 Å². The smallest absolute Gasteiger partial charge is 0.317 e. The van der Waals surface area contributed by atoms with E-state index < -0.39 is 6.17 Å². The van der Waals surface area contributed by atoms with Crippen LogP contribution in [-0.4, -0.2) is 59.1 Å². The Morgan fingerprint density at radius 3 is 2.54 bits per heavy atom. The molecule has 186 valence electrons. The van der Waals surface area contributed by atoms with Crippen LogP contribution in [0.1, 0.15) is 22.4 Å². The molecule has 0 spiro atoms. The molecule has 1 saturated heterocycles. The number of morpholine rings is 1. The van der Waals surface area contributed by atoms with E-state index in [0.717, 1.165) is 52.6 Å². The molecule has 2 aromatic carbocycles. The van der Waals surface area contributed by atoms with Gasteiger partial charge < -0.3 is 19.4 Å². The van der Waals surface area contributed by atoms with Crippen LogP contribution in [-0.2, 0) is 16.0 Å². The normalized spacial score (nSPS) is 17.6. The van der Waals surface area contributed by atoms with Gasteiger partial charge >= 0.3 is 6.01 Å². The maximum absolute atomic E-state index is 13.2. The van der Waals surface area contributed by atoms with Crippen molar-refractivity contribution in [2.24, 2.45) is 4.99 Å². The lowest BCUT2D eigenvalue weighted by molar-refractivity contribution is -0.119. The molecule has 9 heteroatoms. The lowest BCUT2D eigenvalue weighted by Gasteiger charge is -2.29. The molecule has 2 aliphatic rings. The first kappa shape index (κ1) is 23.1. The summed E-state index contributed by atoms with van der Waals surface area (Å²) in [6, 6.07) is 21.7. The predicted octanol–water partition coefficient (Wildman–Crippen LogP) is 3.68. The lowest BCUT2D eigenvalue weighted by Crippen LogP contribution is -2.37. The molecule has 9 nitrogen and oxygen atoms in total. The minimum Gasteiger partial charge on any atom is -0.403 e. The summed E-state index contributed by atoms with van der Waals surface area (Å²) >= 11 is 0. The van der Waals surface area contributed by atoms with Crippen LogP contribution < -0.4 is 10.2 Å². The molecule has 0 radical (unpaired) electrons. The lowest BCUT2D eigenvalue weighted by atomic mass is 9.96. The highest BCUT2D eigenvalue weighted by Crippen LogP contribution is 2.30. The van der Waals surface area contributed by atoms with Crippen molar-refractivity contribution < 1.29 is 13.9 Å². The molecule has 1 fully saturated rings. The third kappa shape index (κ3) is 4.73. The summed E-state index contributed by atoms with van der Waals surface area (Å²) in [4.78, 5) is 25.0. The molecule has 4 heterocycles. The van der Waals surface area contributed by atoms with E-state index in [9.17, 15) is 4.79 Å². The van der Waals surface area contributed by atoms with Gasteiger partial charge in [0.25, 0.3) is 5.89 Å². The number of ether oxygens (including phenoxy) is 1. The van der Waals surface area contributed by atoms with Crippen LogP contribution in [0, 0.1) is 6.92 Å². The van der Waals surface area contributed by atoms with Crippen LogP contribution in [0.15, 0.2) is 76.1 Å². The van der Waals surface area contributed by atoms with Gasteiger partial charge in [0, 0.05) is 36.3 Å². The molecule has 6 rings (SSSR count). The van der Waals surface area contributed by atoms with Crippen LogP contribution in [0.4, 0.5) is 11.8 Å². The van der Waals surface area contributed by atoms with Crippen LogP contribution >= 0.6 is 0 Å². The highest BCUT2D eigenvalue weighted by Gasteiger charge is 2.28. The number of anilines is 2. The molecular weight excluding hydrogens is 468 g/mol. The molecule has 0 saturated carbocycles. The Hall–Kier alpha value is -4.37. The number of ketones is 1. The Labute approximate surface area is 214 Å². The number of aryl methyl sites for hydroxylation is 1. The highest BCUT2D eigenvalue weighted by atomic mass is 16.5. The maximum Gasteiger partial charge on any atom is 0.317 e. The topological polar surface area (TPSA) is 106 Å². The summed E-state index contributed by atoms with van der Waals surface area (Å²) in [5.41, 5.74) is 5.20. The van der Waals surface area contributed by atoms with E-state index in [1.807, 2.05) is 73.7 Å². The monoisotopic (exact) mass is 494 g/mol. The largest absolute Gasteiger partial charge is 0.403 e. The molecule has 2 aliphatic heterocycles. The molecule has 37 heavy (non-hydrogen) atoms. The Morgan fingerprint density at radius 1 is 0.919 bits per heavy atom. The third-order valence-electron chi connectivity index (χ3n) is 6.49. The molecule has 4 aromatic rings. The fourth-order valence-corrected chi connectivity index (χ4v) is 4.63. The Balaban J connectivity index is 1.32. The van der Waals surface area contributed by atoms with Gasteiger partial charge in [-0.1, -0.05) is 59.7 Å². The molecule has 1 unspecified atom stereocenters. The van der Waals surface area contributed by atoms with E-state index >= 15 is 0 Å². The number of hydrogen-bond acceptors (Lipinski definition) is 9. The zero-order valence-corrected chi connectivity index (χ0v) is 20.4. The fraction of sp³-hybridized carbons (Fsp3) is 0.250. The Bertz CT molecular complexity index is 1460. The van der Waals surface area contributed by atoms with E-state index in [2.05, 4.69) is 20.4 Å². The van der Waals surface area contributed by atoms with Crippen molar-refractivity contribution in [3.8, 4) is 11.5 Å². The van der Waals surface area contributed by atoms with Crippen molar-refractivity contribution in [1.82, 2.24) is 15.2 Å². The summed E-state index contributed by atoms with van der Waals surface area (Å²) in [5, 5.41) is 11.5. The second kappa shape index (κ2) is 9.94. The van der Waals surface area contributed by atoms with Gasteiger partial charge in [0.2, 0.25) is 0 Å². The average molecular weight is 495 g/mol. The van der Waals surface area contributed by atoms with Crippen molar-refractivity contribution in [1.29, 1.82) is 0 Å². The zero-order valence-electron chi connectivity index (χ0n) is 20.4. The van der Waals surface area contributed by atoms with Gasteiger partial charge in [0.15, 0.2) is 11.9 Å². The quantitative estimate of drug-likeness (QED) is 0.448. The van der Waals surface area contributed by atoms with Gasteiger partial charge in [-0.2, -0.15) is 0 Å². The minimum atomic E-state index is -0.870. The van der Waals surface area contributed by atoms with Gasteiger partial charge in [-0.25, -0.2) is 4.98 Å². The second-order valence-corrected chi connectivity index (χ2v) is 9.03. The first-order valence-electron chi connectivity index (χ1n) is 12.3. The fourth-order valence-electron chi connectivity index (χ4n) is 4.63. The zero-order chi connectivity index (χ0) is 25.2. The predicted molar refractivity (Wildman–Crippen MR) is 140 cm³/mol. The maximum atomic E-state index is 13.2. The first-order chi connectivity index (χ1) is 18.2. The van der Waals surface area contributed by atoms with Crippen LogP contribution in [0.25, 0.3) is 11.5 Å². The molecule has 2 aromatic heterocycles. The molecule has 0 aliphatic carbocycles.